The quantitative estimate of drug-likeness (QED) is 0.317. The topological polar surface area (TPSA) is 33.1 Å². The second-order valence-electron chi connectivity index (χ2n) is 6.64. The molecular weight excluding hydrogens is 330 g/mol. The van der Waals surface area contributed by atoms with Gasteiger partial charge in [-0.1, -0.05) is 78.9 Å². The second kappa shape index (κ2) is 6.26. The SMILES string of the molecule is Oc1cccc2cccnc12.c1cc2ccc3cccc4ccc(c1)c2c34. The molecule has 0 atom stereocenters. The first-order valence-electron chi connectivity index (χ1n) is 8.96. The maximum atomic E-state index is 9.31. The molecule has 0 radical (unpaired) electrons. The second-order valence-corrected chi connectivity index (χ2v) is 6.64. The van der Waals surface area contributed by atoms with Crippen molar-refractivity contribution < 1.29 is 5.11 Å². The highest BCUT2D eigenvalue weighted by molar-refractivity contribution is 6.22. The number of fused-ring (bicyclic) bond motifs is 1. The smallest absolute Gasteiger partial charge is 0.141 e. The van der Waals surface area contributed by atoms with E-state index in [9.17, 15) is 5.11 Å². The Balaban J connectivity index is 0.000000128. The van der Waals surface area contributed by atoms with Gasteiger partial charge in [0.25, 0.3) is 0 Å². The number of aromatic nitrogens is 1. The number of pyridine rings is 1. The molecule has 0 saturated carbocycles. The molecule has 1 heterocycles. The van der Waals surface area contributed by atoms with E-state index in [2.05, 4.69) is 65.6 Å². The van der Waals surface area contributed by atoms with Crippen LogP contribution in [-0.2, 0) is 0 Å². The highest BCUT2D eigenvalue weighted by atomic mass is 16.3. The van der Waals surface area contributed by atoms with E-state index in [1.165, 1.54) is 32.3 Å². The van der Waals surface area contributed by atoms with E-state index in [0.29, 0.717) is 5.52 Å². The van der Waals surface area contributed by atoms with Gasteiger partial charge >= 0.3 is 0 Å². The maximum absolute atomic E-state index is 9.31. The van der Waals surface area contributed by atoms with Gasteiger partial charge in [0.1, 0.15) is 11.3 Å². The van der Waals surface area contributed by atoms with Crippen LogP contribution < -0.4 is 0 Å². The predicted octanol–water partition coefficient (Wildman–Crippen LogP) is 6.52. The largest absolute Gasteiger partial charge is 0.506 e. The van der Waals surface area contributed by atoms with E-state index in [1.54, 1.807) is 18.3 Å². The lowest BCUT2D eigenvalue weighted by molar-refractivity contribution is 0.480. The number of phenols is 1. The molecule has 0 aliphatic rings. The summed E-state index contributed by atoms with van der Waals surface area (Å²) < 4.78 is 0. The van der Waals surface area contributed by atoms with Crippen molar-refractivity contribution in [3.05, 3.63) is 97.2 Å². The number of aromatic hydroxyl groups is 1. The molecule has 128 valence electrons. The summed E-state index contributed by atoms with van der Waals surface area (Å²) in [4.78, 5) is 4.03. The lowest BCUT2D eigenvalue weighted by Gasteiger charge is -2.09. The molecule has 6 rings (SSSR count). The monoisotopic (exact) mass is 347 g/mol. The third-order valence-electron chi connectivity index (χ3n) is 5.00. The van der Waals surface area contributed by atoms with Crippen molar-refractivity contribution in [2.45, 2.75) is 0 Å². The molecule has 0 aliphatic heterocycles. The first kappa shape index (κ1) is 15.6. The summed E-state index contributed by atoms with van der Waals surface area (Å²) in [7, 11) is 0. The van der Waals surface area contributed by atoms with E-state index in [4.69, 9.17) is 0 Å². The summed E-state index contributed by atoms with van der Waals surface area (Å²) in [5, 5.41) is 18.4. The third kappa shape index (κ3) is 2.63. The molecule has 0 bridgehead atoms. The normalized spacial score (nSPS) is 11.1. The van der Waals surface area contributed by atoms with E-state index < -0.39 is 0 Å². The molecule has 0 aliphatic carbocycles. The first-order chi connectivity index (χ1) is 13.3. The molecule has 1 N–H and O–H groups in total. The molecule has 0 saturated heterocycles. The molecule has 0 amide bonds. The van der Waals surface area contributed by atoms with Crippen LogP contribution in [0.4, 0.5) is 0 Å². The molecule has 27 heavy (non-hydrogen) atoms. The summed E-state index contributed by atoms with van der Waals surface area (Å²) in [6.45, 7) is 0. The van der Waals surface area contributed by atoms with Crippen molar-refractivity contribution in [2.24, 2.45) is 0 Å². The molecule has 0 fully saturated rings. The van der Waals surface area contributed by atoms with Crippen LogP contribution in [-0.4, -0.2) is 10.1 Å². The Morgan fingerprint density at radius 3 is 1.44 bits per heavy atom. The van der Waals surface area contributed by atoms with E-state index in [1.807, 2.05) is 18.2 Å². The van der Waals surface area contributed by atoms with Gasteiger partial charge in [-0.2, -0.15) is 0 Å². The molecule has 5 aromatic carbocycles. The van der Waals surface area contributed by atoms with Crippen LogP contribution in [0.5, 0.6) is 5.75 Å². The number of hydrogen-bond acceptors (Lipinski definition) is 2. The zero-order valence-corrected chi connectivity index (χ0v) is 14.6. The third-order valence-corrected chi connectivity index (χ3v) is 5.00. The van der Waals surface area contributed by atoms with Gasteiger partial charge in [-0.15, -0.1) is 0 Å². The molecule has 1 aromatic heterocycles. The minimum atomic E-state index is 0.239. The van der Waals surface area contributed by atoms with Crippen molar-refractivity contribution >= 4 is 43.2 Å². The van der Waals surface area contributed by atoms with Crippen LogP contribution in [0.25, 0.3) is 43.2 Å². The summed E-state index contributed by atoms with van der Waals surface area (Å²) >= 11 is 0. The maximum Gasteiger partial charge on any atom is 0.141 e. The zero-order valence-electron chi connectivity index (χ0n) is 14.6. The first-order valence-corrected chi connectivity index (χ1v) is 8.96. The van der Waals surface area contributed by atoms with Crippen molar-refractivity contribution in [1.82, 2.24) is 4.98 Å². The summed E-state index contributed by atoms with van der Waals surface area (Å²) in [6.07, 6.45) is 1.67. The molecule has 6 aromatic rings. The van der Waals surface area contributed by atoms with Crippen LogP contribution in [0, 0.1) is 0 Å². The number of nitrogens with zero attached hydrogens (tertiary/aromatic N) is 1. The Kier molecular flexibility index (Phi) is 3.61. The highest BCUT2D eigenvalue weighted by Gasteiger charge is 2.06. The number of para-hydroxylation sites is 1. The van der Waals surface area contributed by atoms with Gasteiger partial charge in [0, 0.05) is 11.6 Å². The Bertz CT molecular complexity index is 1250. The van der Waals surface area contributed by atoms with Crippen LogP contribution >= 0.6 is 0 Å². The Hall–Kier alpha value is -3.65. The Morgan fingerprint density at radius 2 is 0.926 bits per heavy atom. The fourth-order valence-electron chi connectivity index (χ4n) is 3.76. The summed E-state index contributed by atoms with van der Waals surface area (Å²) in [5.41, 5.74) is 0.662. The van der Waals surface area contributed by atoms with Gasteiger partial charge in [0.2, 0.25) is 0 Å². The average molecular weight is 347 g/mol. The average Bonchev–Trinajstić information content (AvgIpc) is 2.73. The number of phenolic OH excluding ortho intramolecular Hbond substituents is 1. The van der Waals surface area contributed by atoms with E-state index >= 15 is 0 Å². The Morgan fingerprint density at radius 1 is 0.481 bits per heavy atom. The fourth-order valence-corrected chi connectivity index (χ4v) is 3.76. The number of rotatable bonds is 0. The molecule has 2 nitrogen and oxygen atoms in total. The van der Waals surface area contributed by atoms with Crippen molar-refractivity contribution in [3.63, 3.8) is 0 Å². The molecule has 0 spiro atoms. The van der Waals surface area contributed by atoms with E-state index in [-0.39, 0.29) is 5.75 Å². The lowest BCUT2D eigenvalue weighted by atomic mass is 9.95. The van der Waals surface area contributed by atoms with Crippen molar-refractivity contribution in [3.8, 4) is 5.75 Å². The summed E-state index contributed by atoms with van der Waals surface area (Å²) in [6, 6.07) is 31.0. The fraction of sp³-hybridized carbons (Fsp3) is 0. The standard InChI is InChI=1S/C16H10.C9H7NO/c1-3-11-7-9-13-5-2-6-14-10-8-12(4-1)15(11)16(13)14;11-8-5-1-3-7-4-2-6-10-9(7)8/h1-10H;1-6,11H. The Labute approximate surface area is 156 Å². The van der Waals surface area contributed by atoms with Gasteiger partial charge in [-0.25, -0.2) is 0 Å². The molecular formula is C25H17NO. The van der Waals surface area contributed by atoms with E-state index in [0.717, 1.165) is 5.39 Å². The molecule has 2 heteroatoms. The van der Waals surface area contributed by atoms with Gasteiger partial charge in [-0.3, -0.25) is 4.98 Å². The van der Waals surface area contributed by atoms with Crippen LogP contribution in [0.2, 0.25) is 0 Å². The van der Waals surface area contributed by atoms with Gasteiger partial charge in [-0.05, 0) is 44.5 Å². The van der Waals surface area contributed by atoms with Crippen LogP contribution in [0.3, 0.4) is 0 Å². The van der Waals surface area contributed by atoms with Gasteiger partial charge in [0.15, 0.2) is 0 Å². The van der Waals surface area contributed by atoms with Gasteiger partial charge in [0.05, 0.1) is 0 Å². The lowest BCUT2D eigenvalue weighted by Crippen LogP contribution is -1.82. The van der Waals surface area contributed by atoms with Crippen LogP contribution in [0.15, 0.2) is 97.2 Å². The van der Waals surface area contributed by atoms with Crippen LogP contribution in [0.1, 0.15) is 0 Å². The zero-order chi connectivity index (χ0) is 18.2. The number of benzene rings is 5. The molecule has 0 unspecified atom stereocenters. The summed E-state index contributed by atoms with van der Waals surface area (Å²) in [5.74, 6) is 0.239. The number of hydrogen-bond donors (Lipinski definition) is 1. The minimum Gasteiger partial charge on any atom is -0.506 e. The van der Waals surface area contributed by atoms with Crippen molar-refractivity contribution in [2.75, 3.05) is 0 Å². The van der Waals surface area contributed by atoms with Crippen molar-refractivity contribution in [1.29, 1.82) is 0 Å². The minimum absolute atomic E-state index is 0.239. The predicted molar refractivity (Wildman–Crippen MR) is 114 cm³/mol. The van der Waals surface area contributed by atoms with Gasteiger partial charge < -0.3 is 5.11 Å². The highest BCUT2D eigenvalue weighted by Crippen LogP contribution is 2.33.